The summed E-state index contributed by atoms with van der Waals surface area (Å²) in [5.41, 5.74) is 0. The Kier molecular flexibility index (Phi) is 2.75. The Bertz CT molecular complexity index is 227. The lowest BCUT2D eigenvalue weighted by molar-refractivity contribution is -0.141. The van der Waals surface area contributed by atoms with Crippen molar-refractivity contribution < 1.29 is 14.7 Å². The van der Waals surface area contributed by atoms with E-state index in [9.17, 15) is 9.59 Å². The fourth-order valence-electron chi connectivity index (χ4n) is 1.51. The first-order valence-corrected chi connectivity index (χ1v) is 4.24. The molecule has 0 aliphatic carbocycles. The zero-order valence-corrected chi connectivity index (χ0v) is 7.86. The highest BCUT2D eigenvalue weighted by atomic mass is 16.4. The standard InChI is InChI=1S/C8H14N2O3/c1-9(2)8(13)10-5-3-4-6(10)7(11)12/h6H,3-5H2,1-2H3,(H,11,12). The van der Waals surface area contributed by atoms with Crippen LogP contribution in [0.15, 0.2) is 0 Å². The van der Waals surface area contributed by atoms with Crippen LogP contribution in [0.5, 0.6) is 0 Å². The lowest BCUT2D eigenvalue weighted by atomic mass is 10.2. The maximum atomic E-state index is 11.4. The summed E-state index contributed by atoms with van der Waals surface area (Å²) in [6.45, 7) is 0.550. The molecule has 1 unspecified atom stereocenters. The third-order valence-corrected chi connectivity index (χ3v) is 2.17. The van der Waals surface area contributed by atoms with Gasteiger partial charge < -0.3 is 14.9 Å². The number of urea groups is 1. The number of likely N-dealkylation sites (tertiary alicyclic amines) is 1. The summed E-state index contributed by atoms with van der Waals surface area (Å²) < 4.78 is 0. The van der Waals surface area contributed by atoms with Gasteiger partial charge >= 0.3 is 12.0 Å². The molecule has 5 nitrogen and oxygen atoms in total. The van der Waals surface area contributed by atoms with Crippen LogP contribution in [0.3, 0.4) is 0 Å². The van der Waals surface area contributed by atoms with E-state index in [0.717, 1.165) is 6.42 Å². The largest absolute Gasteiger partial charge is 0.480 e. The Hall–Kier alpha value is -1.26. The van der Waals surface area contributed by atoms with Gasteiger partial charge in [-0.1, -0.05) is 0 Å². The van der Waals surface area contributed by atoms with Gasteiger partial charge in [-0.15, -0.1) is 0 Å². The molecule has 0 bridgehead atoms. The van der Waals surface area contributed by atoms with E-state index in [1.807, 2.05) is 0 Å². The first-order chi connectivity index (χ1) is 6.04. The van der Waals surface area contributed by atoms with E-state index in [-0.39, 0.29) is 6.03 Å². The van der Waals surface area contributed by atoms with Crippen LogP contribution in [0.25, 0.3) is 0 Å². The normalized spacial score (nSPS) is 21.7. The lowest BCUT2D eigenvalue weighted by Crippen LogP contribution is -2.45. The molecular weight excluding hydrogens is 172 g/mol. The number of hydrogen-bond acceptors (Lipinski definition) is 2. The molecule has 5 heteroatoms. The van der Waals surface area contributed by atoms with E-state index < -0.39 is 12.0 Å². The first-order valence-electron chi connectivity index (χ1n) is 4.24. The minimum absolute atomic E-state index is 0.218. The molecule has 1 saturated heterocycles. The van der Waals surface area contributed by atoms with Gasteiger partial charge in [-0.25, -0.2) is 9.59 Å². The smallest absolute Gasteiger partial charge is 0.326 e. The Morgan fingerprint density at radius 3 is 2.54 bits per heavy atom. The van der Waals surface area contributed by atoms with Crippen molar-refractivity contribution in [3.63, 3.8) is 0 Å². The summed E-state index contributed by atoms with van der Waals surface area (Å²) >= 11 is 0. The molecule has 0 radical (unpaired) electrons. The Balaban J connectivity index is 2.68. The number of carboxylic acid groups (broad SMARTS) is 1. The van der Waals surface area contributed by atoms with Gasteiger partial charge in [-0.2, -0.15) is 0 Å². The van der Waals surface area contributed by atoms with E-state index >= 15 is 0 Å². The number of amides is 2. The van der Waals surface area contributed by atoms with Crippen molar-refractivity contribution >= 4 is 12.0 Å². The fraction of sp³-hybridized carbons (Fsp3) is 0.750. The summed E-state index contributed by atoms with van der Waals surface area (Å²) in [7, 11) is 3.25. The van der Waals surface area contributed by atoms with E-state index in [1.54, 1.807) is 14.1 Å². The molecule has 0 aromatic carbocycles. The van der Waals surface area contributed by atoms with Crippen molar-refractivity contribution in [3.05, 3.63) is 0 Å². The fourth-order valence-corrected chi connectivity index (χ4v) is 1.51. The molecule has 1 atom stereocenters. The van der Waals surface area contributed by atoms with Crippen molar-refractivity contribution in [2.24, 2.45) is 0 Å². The number of hydrogen-bond donors (Lipinski definition) is 1. The highest BCUT2D eigenvalue weighted by molar-refractivity contribution is 5.83. The molecule has 1 heterocycles. The van der Waals surface area contributed by atoms with Gasteiger partial charge in [0.05, 0.1) is 0 Å². The third kappa shape index (κ3) is 1.91. The van der Waals surface area contributed by atoms with E-state index in [2.05, 4.69) is 0 Å². The van der Waals surface area contributed by atoms with Crippen LogP contribution in [-0.2, 0) is 4.79 Å². The predicted molar refractivity (Wildman–Crippen MR) is 46.4 cm³/mol. The molecule has 0 aromatic rings. The van der Waals surface area contributed by atoms with Gasteiger partial charge in [0, 0.05) is 20.6 Å². The molecule has 1 rings (SSSR count). The van der Waals surface area contributed by atoms with Crippen LogP contribution in [0.2, 0.25) is 0 Å². The van der Waals surface area contributed by atoms with Crippen molar-refractivity contribution in [1.82, 2.24) is 9.80 Å². The van der Waals surface area contributed by atoms with E-state index in [0.29, 0.717) is 13.0 Å². The van der Waals surface area contributed by atoms with Crippen molar-refractivity contribution in [2.45, 2.75) is 18.9 Å². The monoisotopic (exact) mass is 186 g/mol. The molecule has 2 amide bonds. The first kappa shape index (κ1) is 9.83. The van der Waals surface area contributed by atoms with Crippen molar-refractivity contribution in [1.29, 1.82) is 0 Å². The maximum absolute atomic E-state index is 11.4. The molecule has 1 aliphatic heterocycles. The molecule has 74 valence electrons. The van der Waals surface area contributed by atoms with Crippen molar-refractivity contribution in [3.8, 4) is 0 Å². The van der Waals surface area contributed by atoms with Crippen LogP contribution in [0.1, 0.15) is 12.8 Å². The van der Waals surface area contributed by atoms with Gasteiger partial charge in [0.25, 0.3) is 0 Å². The molecule has 0 aromatic heterocycles. The maximum Gasteiger partial charge on any atom is 0.326 e. The molecule has 1 N–H and O–H groups in total. The SMILES string of the molecule is CN(C)C(=O)N1CCCC1C(=O)O. The average molecular weight is 186 g/mol. The predicted octanol–water partition coefficient (Wildman–Crippen LogP) is 0.217. The zero-order valence-electron chi connectivity index (χ0n) is 7.86. The van der Waals surface area contributed by atoms with Gasteiger partial charge in [0.2, 0.25) is 0 Å². The number of carboxylic acids is 1. The number of nitrogens with zero attached hydrogens (tertiary/aromatic N) is 2. The van der Waals surface area contributed by atoms with Crippen LogP contribution in [0.4, 0.5) is 4.79 Å². The summed E-state index contributed by atoms with van der Waals surface area (Å²) in [6, 6.07) is -0.847. The quantitative estimate of drug-likeness (QED) is 0.637. The minimum atomic E-state index is -0.910. The Labute approximate surface area is 76.9 Å². The van der Waals surface area contributed by atoms with E-state index in [4.69, 9.17) is 5.11 Å². The molecule has 1 fully saturated rings. The lowest BCUT2D eigenvalue weighted by Gasteiger charge is -2.24. The average Bonchev–Trinajstić information content (AvgIpc) is 2.50. The number of rotatable bonds is 1. The van der Waals surface area contributed by atoms with Gasteiger partial charge in [0.15, 0.2) is 0 Å². The Morgan fingerprint density at radius 2 is 2.08 bits per heavy atom. The molecule has 1 aliphatic rings. The number of carbonyl (C=O) groups excluding carboxylic acids is 1. The highest BCUT2D eigenvalue weighted by Gasteiger charge is 2.34. The van der Waals surface area contributed by atoms with Crippen LogP contribution in [0, 0.1) is 0 Å². The summed E-state index contributed by atoms with van der Waals surface area (Å²) in [5.74, 6) is -0.910. The summed E-state index contributed by atoms with van der Waals surface area (Å²) in [5, 5.41) is 8.80. The Morgan fingerprint density at radius 1 is 1.46 bits per heavy atom. The minimum Gasteiger partial charge on any atom is -0.480 e. The molecule has 0 spiro atoms. The van der Waals surface area contributed by atoms with Gasteiger partial charge in [0.1, 0.15) is 6.04 Å². The van der Waals surface area contributed by atoms with Crippen molar-refractivity contribution in [2.75, 3.05) is 20.6 Å². The summed E-state index contributed by atoms with van der Waals surface area (Å²) in [6.07, 6.45) is 1.34. The van der Waals surface area contributed by atoms with E-state index in [1.165, 1.54) is 9.80 Å². The molecular formula is C8H14N2O3. The second-order valence-corrected chi connectivity index (χ2v) is 3.37. The third-order valence-electron chi connectivity index (χ3n) is 2.17. The van der Waals surface area contributed by atoms with Gasteiger partial charge in [-0.3, -0.25) is 0 Å². The molecule has 0 saturated carbocycles. The second kappa shape index (κ2) is 3.64. The topological polar surface area (TPSA) is 60.9 Å². The second-order valence-electron chi connectivity index (χ2n) is 3.37. The zero-order chi connectivity index (χ0) is 10.0. The number of carbonyl (C=O) groups is 2. The van der Waals surface area contributed by atoms with Crippen LogP contribution < -0.4 is 0 Å². The van der Waals surface area contributed by atoms with Gasteiger partial charge in [-0.05, 0) is 12.8 Å². The summed E-state index contributed by atoms with van der Waals surface area (Å²) in [4.78, 5) is 25.0. The number of aliphatic carboxylic acids is 1. The van der Waals surface area contributed by atoms with Crippen LogP contribution >= 0.6 is 0 Å². The van der Waals surface area contributed by atoms with Crippen LogP contribution in [-0.4, -0.2) is 53.6 Å². The molecule has 13 heavy (non-hydrogen) atoms. The highest BCUT2D eigenvalue weighted by Crippen LogP contribution is 2.18.